The van der Waals surface area contributed by atoms with Gasteiger partial charge in [0.2, 0.25) is 5.91 Å². The van der Waals surface area contributed by atoms with E-state index in [1.165, 1.54) is 0 Å². The van der Waals surface area contributed by atoms with Gasteiger partial charge in [0.05, 0.1) is 12.8 Å². The highest BCUT2D eigenvalue weighted by Gasteiger charge is 2.31. The molecule has 1 aliphatic rings. The molecule has 1 amide bonds. The lowest BCUT2D eigenvalue weighted by Gasteiger charge is -2.22. The van der Waals surface area contributed by atoms with Crippen molar-refractivity contribution in [2.75, 3.05) is 13.2 Å². The molecule has 1 atom stereocenters. The number of hydrogen-bond donors (Lipinski definition) is 3. The van der Waals surface area contributed by atoms with Crippen LogP contribution in [0.1, 0.15) is 30.1 Å². The minimum absolute atomic E-state index is 0.113. The van der Waals surface area contributed by atoms with Crippen molar-refractivity contribution >= 4 is 21.9 Å². The predicted molar refractivity (Wildman–Crippen MR) is 70.9 cm³/mol. The van der Waals surface area contributed by atoms with E-state index in [0.717, 1.165) is 6.20 Å². The number of aromatic amines is 1. The first-order valence-corrected chi connectivity index (χ1v) is 7.94. The summed E-state index contributed by atoms with van der Waals surface area (Å²) >= 11 is 0. The standard InChI is InChI=1S/C11H16N4O5S/c1-2-20-11(17)7-6-13-14-10(7)21(18,19)15-8-4-3-5-12-9(8)16/h6,8,15H,2-5H2,1H3,(H,12,16)(H,13,14). The van der Waals surface area contributed by atoms with E-state index in [2.05, 4.69) is 20.2 Å². The van der Waals surface area contributed by atoms with Crippen molar-refractivity contribution in [1.29, 1.82) is 0 Å². The largest absolute Gasteiger partial charge is 0.462 e. The van der Waals surface area contributed by atoms with Gasteiger partial charge in [-0.15, -0.1) is 0 Å². The molecule has 2 rings (SSSR count). The minimum atomic E-state index is -4.07. The number of nitrogens with zero attached hydrogens (tertiary/aromatic N) is 1. The molecule has 10 heteroatoms. The molecule has 0 aromatic carbocycles. The Bertz CT molecular complexity index is 639. The molecule has 0 radical (unpaired) electrons. The molecule has 1 unspecified atom stereocenters. The topological polar surface area (TPSA) is 130 Å². The van der Waals surface area contributed by atoms with Crippen LogP contribution in [0.4, 0.5) is 0 Å². The second-order valence-corrected chi connectivity index (χ2v) is 6.09. The molecule has 0 spiro atoms. The Hall–Kier alpha value is -1.94. The van der Waals surface area contributed by atoms with Crippen molar-refractivity contribution in [3.8, 4) is 0 Å². The lowest BCUT2D eigenvalue weighted by atomic mass is 10.1. The Morgan fingerprint density at radius 3 is 3.00 bits per heavy atom. The average molecular weight is 316 g/mol. The number of piperidine rings is 1. The molecule has 0 bridgehead atoms. The number of carbonyl (C=O) groups is 2. The zero-order chi connectivity index (χ0) is 15.5. The summed E-state index contributed by atoms with van der Waals surface area (Å²) in [7, 11) is -4.07. The summed E-state index contributed by atoms with van der Waals surface area (Å²) < 4.78 is 31.6. The lowest BCUT2D eigenvalue weighted by molar-refractivity contribution is -0.124. The van der Waals surface area contributed by atoms with Crippen LogP contribution in [0.2, 0.25) is 0 Å². The number of nitrogens with one attached hydrogen (secondary N) is 3. The molecule has 3 N–H and O–H groups in total. The highest BCUT2D eigenvalue weighted by atomic mass is 32.2. The second-order valence-electron chi connectivity index (χ2n) is 4.44. The van der Waals surface area contributed by atoms with Crippen LogP contribution in [0.25, 0.3) is 0 Å². The van der Waals surface area contributed by atoms with Gasteiger partial charge in [0, 0.05) is 6.54 Å². The molecule has 1 aromatic rings. The molecular weight excluding hydrogens is 300 g/mol. The van der Waals surface area contributed by atoms with E-state index in [0.29, 0.717) is 19.4 Å². The number of H-pyrrole nitrogens is 1. The summed E-state index contributed by atoms with van der Waals surface area (Å²) in [6.07, 6.45) is 2.15. The molecule has 116 valence electrons. The number of esters is 1. The summed E-state index contributed by atoms with van der Waals surface area (Å²) in [4.78, 5) is 23.3. The summed E-state index contributed by atoms with van der Waals surface area (Å²) in [5.41, 5.74) is -0.194. The Morgan fingerprint density at radius 1 is 1.57 bits per heavy atom. The molecule has 1 aromatic heterocycles. The number of carbonyl (C=O) groups excluding carboxylic acids is 2. The third kappa shape index (κ3) is 3.39. The molecule has 21 heavy (non-hydrogen) atoms. The van der Waals surface area contributed by atoms with Gasteiger partial charge in [0.25, 0.3) is 10.0 Å². The van der Waals surface area contributed by atoms with E-state index >= 15 is 0 Å². The summed E-state index contributed by atoms with van der Waals surface area (Å²) in [6.45, 7) is 2.24. The quantitative estimate of drug-likeness (QED) is 0.606. The molecule has 2 heterocycles. The number of sulfonamides is 1. The smallest absolute Gasteiger partial charge is 0.342 e. The van der Waals surface area contributed by atoms with E-state index in [4.69, 9.17) is 4.74 Å². The van der Waals surface area contributed by atoms with Gasteiger partial charge in [-0.25, -0.2) is 13.2 Å². The van der Waals surface area contributed by atoms with Gasteiger partial charge < -0.3 is 10.1 Å². The fourth-order valence-electron chi connectivity index (χ4n) is 1.96. The third-order valence-electron chi connectivity index (χ3n) is 2.95. The number of rotatable bonds is 5. The van der Waals surface area contributed by atoms with Crippen LogP contribution in [-0.4, -0.2) is 49.7 Å². The summed E-state index contributed by atoms with van der Waals surface area (Å²) in [5, 5.41) is 7.99. The van der Waals surface area contributed by atoms with Crippen LogP contribution in [0.5, 0.6) is 0 Å². The SMILES string of the molecule is CCOC(=O)c1cn[nH]c1S(=O)(=O)NC1CCCNC1=O. The molecular formula is C11H16N4O5S. The zero-order valence-corrected chi connectivity index (χ0v) is 12.2. The van der Waals surface area contributed by atoms with E-state index in [-0.39, 0.29) is 18.1 Å². The van der Waals surface area contributed by atoms with Gasteiger partial charge in [-0.1, -0.05) is 0 Å². The van der Waals surface area contributed by atoms with Crippen molar-refractivity contribution in [1.82, 2.24) is 20.2 Å². The molecule has 9 nitrogen and oxygen atoms in total. The molecule has 0 saturated carbocycles. The van der Waals surface area contributed by atoms with Gasteiger partial charge in [0.15, 0.2) is 5.03 Å². The van der Waals surface area contributed by atoms with Crippen molar-refractivity contribution in [3.63, 3.8) is 0 Å². The number of hydrogen-bond acceptors (Lipinski definition) is 6. The van der Waals surface area contributed by atoms with Gasteiger partial charge in [-0.05, 0) is 19.8 Å². The first-order chi connectivity index (χ1) is 9.95. The number of aromatic nitrogens is 2. The van der Waals surface area contributed by atoms with Crippen LogP contribution in [-0.2, 0) is 19.6 Å². The van der Waals surface area contributed by atoms with Crippen LogP contribution in [0.3, 0.4) is 0 Å². The normalized spacial score (nSPS) is 19.1. The number of ether oxygens (including phenoxy) is 1. The van der Waals surface area contributed by atoms with E-state index in [1.54, 1.807) is 6.92 Å². The third-order valence-corrected chi connectivity index (χ3v) is 4.39. The van der Waals surface area contributed by atoms with Crippen LogP contribution >= 0.6 is 0 Å². The first-order valence-electron chi connectivity index (χ1n) is 6.46. The average Bonchev–Trinajstić information content (AvgIpc) is 2.92. The van der Waals surface area contributed by atoms with Gasteiger partial charge >= 0.3 is 5.97 Å². The summed E-state index contributed by atoms with van der Waals surface area (Å²) in [5.74, 6) is -1.18. The van der Waals surface area contributed by atoms with Crippen LogP contribution < -0.4 is 10.0 Å². The maximum absolute atomic E-state index is 12.3. The van der Waals surface area contributed by atoms with E-state index < -0.39 is 27.1 Å². The van der Waals surface area contributed by atoms with Gasteiger partial charge in [0.1, 0.15) is 11.6 Å². The Kier molecular flexibility index (Phi) is 4.58. The highest BCUT2D eigenvalue weighted by molar-refractivity contribution is 7.89. The molecule has 0 aliphatic carbocycles. The number of amides is 1. The van der Waals surface area contributed by atoms with E-state index in [9.17, 15) is 18.0 Å². The molecule has 1 saturated heterocycles. The van der Waals surface area contributed by atoms with Crippen molar-refractivity contribution in [2.24, 2.45) is 0 Å². The fraction of sp³-hybridized carbons (Fsp3) is 0.545. The molecule has 1 fully saturated rings. The molecule has 1 aliphatic heterocycles. The monoisotopic (exact) mass is 316 g/mol. The van der Waals surface area contributed by atoms with Gasteiger partial charge in [-0.2, -0.15) is 9.82 Å². The Labute approximate surface area is 121 Å². The van der Waals surface area contributed by atoms with Gasteiger partial charge in [-0.3, -0.25) is 9.89 Å². The lowest BCUT2D eigenvalue weighted by Crippen LogP contribution is -2.50. The van der Waals surface area contributed by atoms with Crippen molar-refractivity contribution < 1.29 is 22.7 Å². The Balaban J connectivity index is 2.22. The minimum Gasteiger partial charge on any atom is -0.462 e. The van der Waals surface area contributed by atoms with Crippen LogP contribution in [0.15, 0.2) is 11.2 Å². The first kappa shape index (κ1) is 15.4. The highest BCUT2D eigenvalue weighted by Crippen LogP contribution is 2.15. The zero-order valence-electron chi connectivity index (χ0n) is 11.4. The maximum atomic E-state index is 12.3. The Morgan fingerprint density at radius 2 is 2.33 bits per heavy atom. The second kappa shape index (κ2) is 6.22. The van der Waals surface area contributed by atoms with Crippen molar-refractivity contribution in [2.45, 2.75) is 30.8 Å². The predicted octanol–water partition coefficient (Wildman–Crippen LogP) is -0.857. The van der Waals surface area contributed by atoms with Crippen molar-refractivity contribution in [3.05, 3.63) is 11.8 Å². The van der Waals surface area contributed by atoms with Crippen LogP contribution in [0, 0.1) is 0 Å². The maximum Gasteiger partial charge on any atom is 0.342 e. The fourth-order valence-corrected chi connectivity index (χ4v) is 3.28. The van der Waals surface area contributed by atoms with E-state index in [1.807, 2.05) is 0 Å². The summed E-state index contributed by atoms with van der Waals surface area (Å²) in [6, 6.07) is -0.859.